The second-order valence-corrected chi connectivity index (χ2v) is 4.48. The van der Waals surface area contributed by atoms with Crippen LogP contribution in [0.25, 0.3) is 0 Å². The van der Waals surface area contributed by atoms with Crippen molar-refractivity contribution < 1.29 is 5.11 Å². The van der Waals surface area contributed by atoms with E-state index in [2.05, 4.69) is 25.8 Å². The summed E-state index contributed by atoms with van der Waals surface area (Å²) in [7, 11) is 2.15. The van der Waals surface area contributed by atoms with Crippen molar-refractivity contribution in [1.29, 1.82) is 0 Å². The maximum absolute atomic E-state index is 8.86. The highest BCUT2D eigenvalue weighted by molar-refractivity contribution is 4.84. The van der Waals surface area contributed by atoms with Crippen LogP contribution in [0.15, 0.2) is 0 Å². The van der Waals surface area contributed by atoms with Gasteiger partial charge in [0.25, 0.3) is 0 Å². The highest BCUT2D eigenvalue weighted by Crippen LogP contribution is 2.37. The predicted octanol–water partition coefficient (Wildman–Crippen LogP) is 1.20. The standard InChI is InChI=1S/C10H21NO/c1-8(7-12)5-11(3)6-10-4-9(10)2/h8-10,12H,4-7H2,1-3H3. The molecular weight excluding hydrogens is 150 g/mol. The summed E-state index contributed by atoms with van der Waals surface area (Å²) in [6.45, 7) is 6.95. The number of aliphatic hydroxyl groups is 1. The molecule has 0 aromatic heterocycles. The first kappa shape index (κ1) is 10.0. The minimum Gasteiger partial charge on any atom is -0.396 e. The Morgan fingerprint density at radius 2 is 2.17 bits per heavy atom. The summed E-state index contributed by atoms with van der Waals surface area (Å²) in [5, 5.41) is 8.86. The first-order valence-corrected chi connectivity index (χ1v) is 4.93. The van der Waals surface area contributed by atoms with Crippen LogP contribution in [0.3, 0.4) is 0 Å². The minimum absolute atomic E-state index is 0.310. The minimum atomic E-state index is 0.310. The Morgan fingerprint density at radius 1 is 1.58 bits per heavy atom. The number of rotatable bonds is 5. The maximum Gasteiger partial charge on any atom is 0.0468 e. The molecule has 3 unspecified atom stereocenters. The molecule has 0 aromatic rings. The predicted molar refractivity (Wildman–Crippen MR) is 51.0 cm³/mol. The highest BCUT2D eigenvalue weighted by Gasteiger charge is 2.33. The molecule has 2 heteroatoms. The molecule has 0 spiro atoms. The van der Waals surface area contributed by atoms with Gasteiger partial charge in [0, 0.05) is 19.7 Å². The fourth-order valence-corrected chi connectivity index (χ4v) is 1.72. The molecule has 0 aromatic carbocycles. The fourth-order valence-electron chi connectivity index (χ4n) is 1.72. The lowest BCUT2D eigenvalue weighted by Crippen LogP contribution is -2.28. The topological polar surface area (TPSA) is 23.5 Å². The fraction of sp³-hybridized carbons (Fsp3) is 1.00. The van der Waals surface area contributed by atoms with Crippen molar-refractivity contribution in [2.24, 2.45) is 17.8 Å². The smallest absolute Gasteiger partial charge is 0.0468 e. The summed E-state index contributed by atoms with van der Waals surface area (Å²) in [4.78, 5) is 2.34. The quantitative estimate of drug-likeness (QED) is 0.672. The van der Waals surface area contributed by atoms with Gasteiger partial charge in [-0.05, 0) is 31.2 Å². The molecule has 0 saturated heterocycles. The van der Waals surface area contributed by atoms with Gasteiger partial charge < -0.3 is 10.0 Å². The number of nitrogens with zero attached hydrogens (tertiary/aromatic N) is 1. The van der Waals surface area contributed by atoms with Crippen LogP contribution in [0.5, 0.6) is 0 Å². The summed E-state index contributed by atoms with van der Waals surface area (Å²) in [6.07, 6.45) is 1.40. The molecule has 0 heterocycles. The first-order chi connectivity index (χ1) is 5.63. The van der Waals surface area contributed by atoms with Gasteiger partial charge in [-0.25, -0.2) is 0 Å². The molecule has 1 N–H and O–H groups in total. The average molecular weight is 171 g/mol. The molecule has 0 amide bonds. The number of hydrogen-bond donors (Lipinski definition) is 1. The van der Waals surface area contributed by atoms with Crippen molar-refractivity contribution in [3.63, 3.8) is 0 Å². The monoisotopic (exact) mass is 171 g/mol. The molecule has 12 heavy (non-hydrogen) atoms. The third-order valence-electron chi connectivity index (χ3n) is 2.76. The third kappa shape index (κ3) is 3.11. The van der Waals surface area contributed by atoms with E-state index >= 15 is 0 Å². The van der Waals surface area contributed by atoms with E-state index in [0.717, 1.165) is 18.4 Å². The van der Waals surface area contributed by atoms with Crippen LogP contribution in [0.4, 0.5) is 0 Å². The normalized spacial score (nSPS) is 30.8. The van der Waals surface area contributed by atoms with Crippen LogP contribution in [0.2, 0.25) is 0 Å². The van der Waals surface area contributed by atoms with Crippen LogP contribution in [0, 0.1) is 17.8 Å². The zero-order valence-electron chi connectivity index (χ0n) is 8.45. The third-order valence-corrected chi connectivity index (χ3v) is 2.76. The van der Waals surface area contributed by atoms with Gasteiger partial charge in [-0.15, -0.1) is 0 Å². The molecule has 72 valence electrons. The highest BCUT2D eigenvalue weighted by atomic mass is 16.3. The molecule has 0 aliphatic heterocycles. The molecule has 2 nitrogen and oxygen atoms in total. The molecule has 1 aliphatic rings. The van der Waals surface area contributed by atoms with Crippen LogP contribution in [-0.4, -0.2) is 36.8 Å². The number of aliphatic hydroxyl groups excluding tert-OH is 1. The van der Waals surface area contributed by atoms with Crippen molar-refractivity contribution in [3.8, 4) is 0 Å². The van der Waals surface area contributed by atoms with Gasteiger partial charge in [-0.3, -0.25) is 0 Å². The lowest BCUT2D eigenvalue weighted by molar-refractivity contribution is 0.187. The Kier molecular flexibility index (Phi) is 3.53. The van der Waals surface area contributed by atoms with Crippen molar-refractivity contribution in [2.75, 3.05) is 26.7 Å². The summed E-state index contributed by atoms with van der Waals surface area (Å²) in [5.74, 6) is 2.29. The molecule has 0 radical (unpaired) electrons. The summed E-state index contributed by atoms with van der Waals surface area (Å²) < 4.78 is 0. The average Bonchev–Trinajstić information content (AvgIpc) is 2.66. The molecule has 1 fully saturated rings. The van der Waals surface area contributed by atoms with E-state index < -0.39 is 0 Å². The van der Waals surface area contributed by atoms with Crippen molar-refractivity contribution >= 4 is 0 Å². The lowest BCUT2D eigenvalue weighted by Gasteiger charge is -2.19. The van der Waals surface area contributed by atoms with E-state index in [-0.39, 0.29) is 0 Å². The van der Waals surface area contributed by atoms with E-state index in [0.29, 0.717) is 12.5 Å². The van der Waals surface area contributed by atoms with Crippen LogP contribution in [0.1, 0.15) is 20.3 Å². The van der Waals surface area contributed by atoms with Crippen LogP contribution >= 0.6 is 0 Å². The molecule has 1 aliphatic carbocycles. The van der Waals surface area contributed by atoms with Gasteiger partial charge in [0.1, 0.15) is 0 Å². The first-order valence-electron chi connectivity index (χ1n) is 4.93. The SMILES string of the molecule is CC(CO)CN(C)CC1CC1C. The largest absolute Gasteiger partial charge is 0.396 e. The molecule has 1 rings (SSSR count). The van der Waals surface area contributed by atoms with E-state index in [1.165, 1.54) is 13.0 Å². The van der Waals surface area contributed by atoms with Gasteiger partial charge in [0.05, 0.1) is 0 Å². The van der Waals surface area contributed by atoms with E-state index in [9.17, 15) is 0 Å². The van der Waals surface area contributed by atoms with Crippen molar-refractivity contribution in [1.82, 2.24) is 4.90 Å². The summed E-state index contributed by atoms with van der Waals surface area (Å²) in [6, 6.07) is 0. The van der Waals surface area contributed by atoms with Gasteiger partial charge in [-0.1, -0.05) is 13.8 Å². The Balaban J connectivity index is 2.07. The van der Waals surface area contributed by atoms with E-state index in [4.69, 9.17) is 5.11 Å². The maximum atomic E-state index is 8.86. The van der Waals surface area contributed by atoms with Gasteiger partial charge >= 0.3 is 0 Å². The van der Waals surface area contributed by atoms with E-state index in [1.807, 2.05) is 0 Å². The Labute approximate surface area is 75.6 Å². The van der Waals surface area contributed by atoms with Crippen molar-refractivity contribution in [2.45, 2.75) is 20.3 Å². The summed E-state index contributed by atoms with van der Waals surface area (Å²) >= 11 is 0. The van der Waals surface area contributed by atoms with Crippen LogP contribution < -0.4 is 0 Å². The number of hydrogen-bond acceptors (Lipinski definition) is 2. The Bertz CT molecular complexity index is 132. The zero-order chi connectivity index (χ0) is 9.14. The Morgan fingerprint density at radius 3 is 2.58 bits per heavy atom. The van der Waals surface area contributed by atoms with Gasteiger partial charge in [-0.2, -0.15) is 0 Å². The summed E-state index contributed by atoms with van der Waals surface area (Å²) in [5.41, 5.74) is 0. The van der Waals surface area contributed by atoms with Gasteiger partial charge in [0.2, 0.25) is 0 Å². The van der Waals surface area contributed by atoms with E-state index in [1.54, 1.807) is 0 Å². The molecule has 3 atom stereocenters. The lowest BCUT2D eigenvalue weighted by atomic mass is 10.2. The second-order valence-electron chi connectivity index (χ2n) is 4.48. The van der Waals surface area contributed by atoms with Gasteiger partial charge in [0.15, 0.2) is 0 Å². The molecule has 0 bridgehead atoms. The van der Waals surface area contributed by atoms with Crippen molar-refractivity contribution in [3.05, 3.63) is 0 Å². The zero-order valence-corrected chi connectivity index (χ0v) is 8.45. The Hall–Kier alpha value is -0.0800. The molecular formula is C10H21NO. The second kappa shape index (κ2) is 4.24. The van der Waals surface area contributed by atoms with Crippen LogP contribution in [-0.2, 0) is 0 Å². The molecule has 1 saturated carbocycles.